The van der Waals surface area contributed by atoms with Crippen molar-refractivity contribution in [2.75, 3.05) is 13.2 Å². The van der Waals surface area contributed by atoms with E-state index in [9.17, 15) is 5.11 Å². The molecule has 3 nitrogen and oxygen atoms in total. The van der Waals surface area contributed by atoms with Gasteiger partial charge in [-0.05, 0) is 63.7 Å². The van der Waals surface area contributed by atoms with Crippen LogP contribution in [0.4, 0.5) is 0 Å². The van der Waals surface area contributed by atoms with Gasteiger partial charge in [-0.15, -0.1) is 0 Å². The minimum atomic E-state index is -0.455. The van der Waals surface area contributed by atoms with Crippen molar-refractivity contribution in [1.82, 2.24) is 0 Å². The minimum absolute atomic E-state index is 0.0418. The summed E-state index contributed by atoms with van der Waals surface area (Å²) >= 11 is 0. The molecule has 0 aromatic carbocycles. The first-order chi connectivity index (χ1) is 10.8. The molecule has 132 valence electrons. The second kappa shape index (κ2) is 7.50. The standard InChI is InChI=1S/C20H34O3/c1-15(12-17(22)13-16(2)8-11-21)6-7-18-19(3,4)9-5-10-20(18)14-23-20/h8,12,17-18,21-22H,5-7,9-11,13-14H2,1-4H3/b15-12+,16-8+/t17-,18+,20-/m0/s1. The van der Waals surface area contributed by atoms with Crippen LogP contribution < -0.4 is 0 Å². The van der Waals surface area contributed by atoms with Gasteiger partial charge >= 0.3 is 0 Å². The van der Waals surface area contributed by atoms with E-state index in [0.717, 1.165) is 25.0 Å². The van der Waals surface area contributed by atoms with E-state index in [1.165, 1.54) is 24.8 Å². The second-order valence-corrected chi connectivity index (χ2v) is 8.30. The van der Waals surface area contributed by atoms with E-state index in [1.807, 2.05) is 13.0 Å². The molecule has 1 aliphatic heterocycles. The molecule has 2 fully saturated rings. The van der Waals surface area contributed by atoms with E-state index in [2.05, 4.69) is 20.8 Å². The summed E-state index contributed by atoms with van der Waals surface area (Å²) in [7, 11) is 0. The van der Waals surface area contributed by atoms with Gasteiger partial charge in [0.2, 0.25) is 0 Å². The lowest BCUT2D eigenvalue weighted by Crippen LogP contribution is -2.41. The molecule has 23 heavy (non-hydrogen) atoms. The number of hydrogen-bond donors (Lipinski definition) is 2. The van der Waals surface area contributed by atoms with Crippen LogP contribution in [0.15, 0.2) is 23.3 Å². The fraction of sp³-hybridized carbons (Fsp3) is 0.800. The van der Waals surface area contributed by atoms with Crippen LogP contribution in [0.1, 0.15) is 66.2 Å². The van der Waals surface area contributed by atoms with Crippen molar-refractivity contribution >= 4 is 0 Å². The summed E-state index contributed by atoms with van der Waals surface area (Å²) < 4.78 is 5.88. The Morgan fingerprint density at radius 2 is 1.96 bits per heavy atom. The molecule has 0 radical (unpaired) electrons. The van der Waals surface area contributed by atoms with Crippen LogP contribution in [-0.2, 0) is 4.74 Å². The normalized spacial score (nSPS) is 32.2. The maximum absolute atomic E-state index is 10.1. The molecule has 1 saturated heterocycles. The lowest BCUT2D eigenvalue weighted by atomic mass is 9.62. The van der Waals surface area contributed by atoms with E-state index in [1.54, 1.807) is 6.08 Å². The summed E-state index contributed by atoms with van der Waals surface area (Å²) in [4.78, 5) is 0. The molecule has 3 heteroatoms. The first-order valence-corrected chi connectivity index (χ1v) is 9.05. The lowest BCUT2D eigenvalue weighted by molar-refractivity contribution is 0.0375. The number of epoxide rings is 1. The van der Waals surface area contributed by atoms with Crippen LogP contribution in [0.5, 0.6) is 0 Å². The fourth-order valence-corrected chi connectivity index (χ4v) is 4.41. The number of rotatable bonds is 7. The van der Waals surface area contributed by atoms with Crippen molar-refractivity contribution in [2.24, 2.45) is 11.3 Å². The summed E-state index contributed by atoms with van der Waals surface area (Å²) in [6, 6.07) is 0. The molecule has 2 rings (SSSR count). The topological polar surface area (TPSA) is 53.0 Å². The van der Waals surface area contributed by atoms with Gasteiger partial charge in [0.25, 0.3) is 0 Å². The zero-order valence-corrected chi connectivity index (χ0v) is 15.3. The van der Waals surface area contributed by atoms with E-state index in [4.69, 9.17) is 9.84 Å². The highest BCUT2D eigenvalue weighted by molar-refractivity contribution is 5.11. The molecule has 0 bridgehead atoms. The van der Waals surface area contributed by atoms with Gasteiger partial charge in [-0.1, -0.05) is 37.1 Å². The highest BCUT2D eigenvalue weighted by Crippen LogP contribution is 2.55. The highest BCUT2D eigenvalue weighted by Gasteiger charge is 2.57. The lowest BCUT2D eigenvalue weighted by Gasteiger charge is -2.43. The Bertz CT molecular complexity index is 452. The van der Waals surface area contributed by atoms with Crippen LogP contribution in [0, 0.1) is 11.3 Å². The maximum atomic E-state index is 10.1. The van der Waals surface area contributed by atoms with Crippen molar-refractivity contribution in [2.45, 2.75) is 77.9 Å². The molecule has 0 unspecified atom stereocenters. The first kappa shape index (κ1) is 18.7. The van der Waals surface area contributed by atoms with Crippen molar-refractivity contribution in [1.29, 1.82) is 0 Å². The fourth-order valence-electron chi connectivity index (χ4n) is 4.41. The molecular formula is C20H34O3. The van der Waals surface area contributed by atoms with Gasteiger partial charge in [0.05, 0.1) is 24.9 Å². The van der Waals surface area contributed by atoms with Gasteiger partial charge in [-0.3, -0.25) is 0 Å². The second-order valence-electron chi connectivity index (χ2n) is 8.30. The predicted octanol–water partition coefficient (Wildman–Crippen LogP) is 4.00. The van der Waals surface area contributed by atoms with Crippen LogP contribution in [0.2, 0.25) is 0 Å². The summed E-state index contributed by atoms with van der Waals surface area (Å²) in [6.45, 7) is 9.82. The zero-order chi connectivity index (χ0) is 17.1. The van der Waals surface area contributed by atoms with E-state index in [0.29, 0.717) is 17.8 Å². The molecular weight excluding hydrogens is 288 g/mol. The van der Waals surface area contributed by atoms with Gasteiger partial charge in [-0.2, -0.15) is 0 Å². The van der Waals surface area contributed by atoms with Gasteiger partial charge in [0.15, 0.2) is 0 Å². The Labute approximate surface area is 141 Å². The van der Waals surface area contributed by atoms with E-state index < -0.39 is 6.10 Å². The Hall–Kier alpha value is -0.640. The van der Waals surface area contributed by atoms with Crippen LogP contribution in [0.3, 0.4) is 0 Å². The number of ether oxygens (including phenoxy) is 1. The van der Waals surface area contributed by atoms with Crippen molar-refractivity contribution < 1.29 is 14.9 Å². The third-order valence-electron chi connectivity index (χ3n) is 5.79. The Balaban J connectivity index is 1.89. The number of hydrogen-bond acceptors (Lipinski definition) is 3. The average molecular weight is 322 g/mol. The molecule has 1 aliphatic carbocycles. The minimum Gasteiger partial charge on any atom is -0.392 e. The third-order valence-corrected chi connectivity index (χ3v) is 5.79. The Morgan fingerprint density at radius 3 is 2.57 bits per heavy atom. The number of aliphatic hydroxyl groups excluding tert-OH is 2. The van der Waals surface area contributed by atoms with E-state index >= 15 is 0 Å². The van der Waals surface area contributed by atoms with Crippen LogP contribution >= 0.6 is 0 Å². The molecule has 1 heterocycles. The smallest absolute Gasteiger partial charge is 0.0949 e. The summed E-state index contributed by atoms with van der Waals surface area (Å²) in [6.07, 6.45) is 9.84. The molecule has 1 spiro atoms. The predicted molar refractivity (Wildman–Crippen MR) is 94.3 cm³/mol. The third kappa shape index (κ3) is 4.91. The quantitative estimate of drug-likeness (QED) is 0.550. The summed E-state index contributed by atoms with van der Waals surface area (Å²) in [5, 5.41) is 19.0. The molecule has 2 N–H and O–H groups in total. The van der Waals surface area contributed by atoms with Crippen LogP contribution in [0.25, 0.3) is 0 Å². The molecule has 0 aromatic rings. The van der Waals surface area contributed by atoms with Gasteiger partial charge in [0, 0.05) is 0 Å². The number of aliphatic hydroxyl groups is 2. The number of allylic oxidation sites excluding steroid dienone is 1. The Morgan fingerprint density at radius 1 is 1.26 bits per heavy atom. The summed E-state index contributed by atoms with van der Waals surface area (Å²) in [5.74, 6) is 0.625. The van der Waals surface area contributed by atoms with Crippen molar-refractivity contribution in [3.63, 3.8) is 0 Å². The van der Waals surface area contributed by atoms with Gasteiger partial charge < -0.3 is 14.9 Å². The highest BCUT2D eigenvalue weighted by atomic mass is 16.6. The van der Waals surface area contributed by atoms with Gasteiger partial charge in [0.1, 0.15) is 0 Å². The average Bonchev–Trinajstić information content (AvgIpc) is 3.17. The molecule has 0 amide bonds. The molecule has 1 saturated carbocycles. The largest absolute Gasteiger partial charge is 0.392 e. The first-order valence-electron chi connectivity index (χ1n) is 9.05. The maximum Gasteiger partial charge on any atom is 0.0949 e. The van der Waals surface area contributed by atoms with Crippen molar-refractivity contribution in [3.05, 3.63) is 23.3 Å². The SMILES string of the molecule is C/C(=C\[C@H](O)C/C(C)=C/CO)CC[C@@H]1C(C)(C)CCC[C@]12CO2. The summed E-state index contributed by atoms with van der Waals surface area (Å²) in [5.41, 5.74) is 2.81. The van der Waals surface area contributed by atoms with Crippen molar-refractivity contribution in [3.8, 4) is 0 Å². The van der Waals surface area contributed by atoms with Crippen LogP contribution in [-0.4, -0.2) is 35.1 Å². The monoisotopic (exact) mass is 322 g/mol. The molecule has 2 aliphatic rings. The molecule has 3 atom stereocenters. The van der Waals surface area contributed by atoms with E-state index in [-0.39, 0.29) is 12.2 Å². The zero-order valence-electron chi connectivity index (χ0n) is 15.3. The Kier molecular flexibility index (Phi) is 6.10. The molecule has 0 aromatic heterocycles. The van der Waals surface area contributed by atoms with Gasteiger partial charge in [-0.25, -0.2) is 0 Å².